The molecule has 1 N–H and O–H groups in total. The Kier molecular flexibility index (Phi) is 4.49. The maximum Gasteiger partial charge on any atom is 0.142 e. The van der Waals surface area contributed by atoms with Gasteiger partial charge in [-0.3, -0.25) is 0 Å². The number of aliphatic hydroxyl groups excluding tert-OH is 1. The summed E-state index contributed by atoms with van der Waals surface area (Å²) in [5.41, 5.74) is 3.13. The SMILES string of the molecule is Cc1cccc(OCCN2CCOc3ccc(CO)cc32)c1. The van der Waals surface area contributed by atoms with Crippen LogP contribution in [0.1, 0.15) is 11.1 Å². The van der Waals surface area contributed by atoms with Crippen molar-refractivity contribution in [1.29, 1.82) is 0 Å². The van der Waals surface area contributed by atoms with E-state index in [1.165, 1.54) is 5.56 Å². The molecule has 1 heterocycles. The molecule has 1 aliphatic heterocycles. The van der Waals surface area contributed by atoms with E-state index >= 15 is 0 Å². The molecule has 0 aromatic heterocycles. The van der Waals surface area contributed by atoms with E-state index in [4.69, 9.17) is 9.47 Å². The van der Waals surface area contributed by atoms with E-state index in [0.29, 0.717) is 13.2 Å². The molecule has 0 spiro atoms. The number of hydrogen-bond acceptors (Lipinski definition) is 4. The summed E-state index contributed by atoms with van der Waals surface area (Å²) >= 11 is 0. The fraction of sp³-hybridized carbons (Fsp3) is 0.333. The highest BCUT2D eigenvalue weighted by molar-refractivity contribution is 5.61. The lowest BCUT2D eigenvalue weighted by atomic mass is 10.1. The molecule has 0 radical (unpaired) electrons. The van der Waals surface area contributed by atoms with Gasteiger partial charge in [-0.2, -0.15) is 0 Å². The first-order chi connectivity index (χ1) is 10.8. The molecule has 0 saturated carbocycles. The third-order valence-corrected chi connectivity index (χ3v) is 3.78. The Balaban J connectivity index is 1.64. The second-order valence-corrected chi connectivity index (χ2v) is 5.46. The van der Waals surface area contributed by atoms with Crippen LogP contribution in [0, 0.1) is 6.92 Å². The van der Waals surface area contributed by atoms with Crippen LogP contribution in [0.5, 0.6) is 11.5 Å². The molecule has 0 amide bonds. The minimum absolute atomic E-state index is 0.0426. The average molecular weight is 299 g/mol. The third-order valence-electron chi connectivity index (χ3n) is 3.78. The number of nitrogens with zero attached hydrogens (tertiary/aromatic N) is 1. The molecule has 0 fully saturated rings. The van der Waals surface area contributed by atoms with Crippen molar-refractivity contribution in [2.24, 2.45) is 0 Å². The number of rotatable bonds is 5. The van der Waals surface area contributed by atoms with Crippen LogP contribution < -0.4 is 14.4 Å². The zero-order valence-electron chi connectivity index (χ0n) is 12.8. The molecule has 0 bridgehead atoms. The molecule has 22 heavy (non-hydrogen) atoms. The number of hydrogen-bond donors (Lipinski definition) is 1. The first kappa shape index (κ1) is 14.7. The molecule has 116 valence electrons. The first-order valence-corrected chi connectivity index (χ1v) is 7.57. The Bertz CT molecular complexity index is 642. The van der Waals surface area contributed by atoms with Crippen molar-refractivity contribution in [3.05, 3.63) is 53.6 Å². The molecule has 4 nitrogen and oxygen atoms in total. The minimum Gasteiger partial charge on any atom is -0.492 e. The summed E-state index contributed by atoms with van der Waals surface area (Å²) in [4.78, 5) is 2.24. The average Bonchev–Trinajstić information content (AvgIpc) is 2.55. The zero-order valence-corrected chi connectivity index (χ0v) is 12.8. The zero-order chi connectivity index (χ0) is 15.4. The lowest BCUT2D eigenvalue weighted by Gasteiger charge is -2.31. The fourth-order valence-electron chi connectivity index (χ4n) is 2.63. The molecule has 0 atom stereocenters. The number of aryl methyl sites for hydroxylation is 1. The van der Waals surface area contributed by atoms with Gasteiger partial charge in [0.2, 0.25) is 0 Å². The van der Waals surface area contributed by atoms with Gasteiger partial charge in [0.05, 0.1) is 25.4 Å². The van der Waals surface area contributed by atoms with Crippen LogP contribution in [0.15, 0.2) is 42.5 Å². The summed E-state index contributed by atoms with van der Waals surface area (Å²) in [5, 5.41) is 9.29. The van der Waals surface area contributed by atoms with Crippen molar-refractivity contribution >= 4 is 5.69 Å². The van der Waals surface area contributed by atoms with Gasteiger partial charge < -0.3 is 19.5 Å². The maximum atomic E-state index is 9.29. The Morgan fingerprint density at radius 3 is 2.95 bits per heavy atom. The van der Waals surface area contributed by atoms with Gasteiger partial charge in [-0.25, -0.2) is 0 Å². The van der Waals surface area contributed by atoms with Crippen molar-refractivity contribution in [1.82, 2.24) is 0 Å². The highest BCUT2D eigenvalue weighted by Gasteiger charge is 2.18. The van der Waals surface area contributed by atoms with Crippen molar-refractivity contribution in [3.63, 3.8) is 0 Å². The topological polar surface area (TPSA) is 41.9 Å². The quantitative estimate of drug-likeness (QED) is 0.922. The lowest BCUT2D eigenvalue weighted by Crippen LogP contribution is -2.35. The van der Waals surface area contributed by atoms with E-state index in [2.05, 4.69) is 17.9 Å². The lowest BCUT2D eigenvalue weighted by molar-refractivity contribution is 0.278. The van der Waals surface area contributed by atoms with Gasteiger partial charge in [0, 0.05) is 0 Å². The van der Waals surface area contributed by atoms with E-state index in [-0.39, 0.29) is 6.61 Å². The van der Waals surface area contributed by atoms with Crippen LogP contribution in [0.4, 0.5) is 5.69 Å². The molecule has 0 aliphatic carbocycles. The maximum absolute atomic E-state index is 9.29. The van der Waals surface area contributed by atoms with E-state index in [1.54, 1.807) is 0 Å². The Morgan fingerprint density at radius 1 is 1.23 bits per heavy atom. The molecular weight excluding hydrogens is 278 g/mol. The molecule has 0 unspecified atom stereocenters. The van der Waals surface area contributed by atoms with Gasteiger partial charge in [-0.15, -0.1) is 0 Å². The minimum atomic E-state index is 0.0426. The van der Waals surface area contributed by atoms with Crippen LogP contribution in [0.3, 0.4) is 0 Å². The molecular formula is C18H21NO3. The molecule has 2 aromatic rings. The normalized spacial score (nSPS) is 13.5. The predicted molar refractivity (Wildman–Crippen MR) is 86.7 cm³/mol. The summed E-state index contributed by atoms with van der Waals surface area (Å²) < 4.78 is 11.5. The molecule has 2 aromatic carbocycles. The van der Waals surface area contributed by atoms with Crippen molar-refractivity contribution < 1.29 is 14.6 Å². The van der Waals surface area contributed by atoms with Crippen molar-refractivity contribution in [2.75, 3.05) is 31.2 Å². The summed E-state index contributed by atoms with van der Waals surface area (Å²) in [6, 6.07) is 13.9. The predicted octanol–water partition coefficient (Wildman–Crippen LogP) is 2.77. The number of ether oxygens (including phenoxy) is 2. The van der Waals surface area contributed by atoms with E-state index in [9.17, 15) is 5.11 Å². The highest BCUT2D eigenvalue weighted by atomic mass is 16.5. The van der Waals surface area contributed by atoms with Gasteiger partial charge in [0.25, 0.3) is 0 Å². The molecule has 4 heteroatoms. The number of aliphatic hydroxyl groups is 1. The monoisotopic (exact) mass is 299 g/mol. The van der Waals surface area contributed by atoms with Gasteiger partial charge >= 0.3 is 0 Å². The molecule has 1 aliphatic rings. The van der Waals surface area contributed by atoms with E-state index < -0.39 is 0 Å². The number of anilines is 1. The smallest absolute Gasteiger partial charge is 0.142 e. The van der Waals surface area contributed by atoms with Gasteiger partial charge in [-0.1, -0.05) is 18.2 Å². The van der Waals surface area contributed by atoms with Crippen molar-refractivity contribution in [3.8, 4) is 11.5 Å². The van der Waals surface area contributed by atoms with Crippen molar-refractivity contribution in [2.45, 2.75) is 13.5 Å². The van der Waals surface area contributed by atoms with Crippen LogP contribution >= 0.6 is 0 Å². The molecule has 3 rings (SSSR count). The van der Waals surface area contributed by atoms with Gasteiger partial charge in [0.15, 0.2) is 0 Å². The summed E-state index contributed by atoms with van der Waals surface area (Å²) in [6.07, 6.45) is 0. The number of fused-ring (bicyclic) bond motifs is 1. The van der Waals surface area contributed by atoms with Crippen LogP contribution in [0.25, 0.3) is 0 Å². The number of benzene rings is 2. The van der Waals surface area contributed by atoms with Crippen LogP contribution in [0.2, 0.25) is 0 Å². The second kappa shape index (κ2) is 6.71. The third kappa shape index (κ3) is 3.34. The standard InChI is InChI=1S/C18H21NO3/c1-14-3-2-4-16(11-14)21-9-7-19-8-10-22-18-6-5-15(13-20)12-17(18)19/h2-6,11-12,20H,7-10,13H2,1H3. The summed E-state index contributed by atoms with van der Waals surface area (Å²) in [5.74, 6) is 1.77. The van der Waals surface area contributed by atoms with Gasteiger partial charge in [-0.05, 0) is 42.3 Å². The van der Waals surface area contributed by atoms with Gasteiger partial charge in [0.1, 0.15) is 24.7 Å². The van der Waals surface area contributed by atoms with Crippen LogP contribution in [-0.4, -0.2) is 31.4 Å². The second-order valence-electron chi connectivity index (χ2n) is 5.46. The Labute approximate surface area is 130 Å². The molecule has 0 saturated heterocycles. The summed E-state index contributed by atoms with van der Waals surface area (Å²) in [7, 11) is 0. The van der Waals surface area contributed by atoms with Crippen LogP contribution in [-0.2, 0) is 6.61 Å². The fourth-order valence-corrected chi connectivity index (χ4v) is 2.63. The highest BCUT2D eigenvalue weighted by Crippen LogP contribution is 2.32. The Morgan fingerprint density at radius 2 is 2.14 bits per heavy atom. The van der Waals surface area contributed by atoms with E-state index in [0.717, 1.165) is 35.8 Å². The first-order valence-electron chi connectivity index (χ1n) is 7.57. The Hall–Kier alpha value is -2.20. The largest absolute Gasteiger partial charge is 0.492 e. The van der Waals surface area contributed by atoms with E-state index in [1.807, 2.05) is 36.4 Å². The summed E-state index contributed by atoms with van der Waals surface area (Å²) in [6.45, 7) is 5.02.